The van der Waals surface area contributed by atoms with Gasteiger partial charge in [0.25, 0.3) is 5.54 Å². The summed E-state index contributed by atoms with van der Waals surface area (Å²) in [5.41, 5.74) is 7.67. The van der Waals surface area contributed by atoms with Gasteiger partial charge >= 0.3 is 0 Å². The fourth-order valence-electron chi connectivity index (χ4n) is 4.74. The summed E-state index contributed by atoms with van der Waals surface area (Å²) in [6.45, 7) is 16.9. The lowest BCUT2D eigenvalue weighted by atomic mass is 9.97. The van der Waals surface area contributed by atoms with Gasteiger partial charge in [-0.2, -0.15) is 0 Å². The Bertz CT molecular complexity index is 1140. The number of benzene rings is 2. The second-order valence-electron chi connectivity index (χ2n) is 9.36. The van der Waals surface area contributed by atoms with E-state index in [1.807, 2.05) is 13.8 Å². The average Bonchev–Trinajstić information content (AvgIpc) is 3.50. The van der Waals surface area contributed by atoms with Crippen molar-refractivity contribution in [2.24, 2.45) is 5.92 Å². The monoisotopic (exact) mass is 426 g/mol. The summed E-state index contributed by atoms with van der Waals surface area (Å²) >= 11 is 0. The van der Waals surface area contributed by atoms with Gasteiger partial charge in [-0.05, 0) is 87.7 Å². The zero-order chi connectivity index (χ0) is 22.3. The first-order valence-electron chi connectivity index (χ1n) is 11.5. The van der Waals surface area contributed by atoms with Gasteiger partial charge in [0.2, 0.25) is 0 Å². The van der Waals surface area contributed by atoms with Crippen LogP contribution in [-0.2, 0) is 5.54 Å². The minimum absolute atomic E-state index is 0.264. The van der Waals surface area contributed by atoms with Gasteiger partial charge in [0.1, 0.15) is 5.76 Å². The number of anilines is 2. The largest absolute Gasteiger partial charge is 0.361 e. The van der Waals surface area contributed by atoms with Crippen LogP contribution in [0.5, 0.6) is 0 Å². The Morgan fingerprint density at radius 2 is 1.88 bits per heavy atom. The molecule has 0 unspecified atom stereocenters. The van der Waals surface area contributed by atoms with E-state index in [4.69, 9.17) is 11.1 Å². The highest BCUT2D eigenvalue weighted by atomic mass is 16.5. The summed E-state index contributed by atoms with van der Waals surface area (Å²) in [5, 5.41) is 7.54. The van der Waals surface area contributed by atoms with Crippen LogP contribution in [-0.4, -0.2) is 24.8 Å². The van der Waals surface area contributed by atoms with Crippen LogP contribution in [0.3, 0.4) is 0 Å². The molecule has 5 heteroatoms. The lowest BCUT2D eigenvalue weighted by Crippen LogP contribution is -2.43. The zero-order valence-electron chi connectivity index (χ0n) is 19.1. The van der Waals surface area contributed by atoms with Gasteiger partial charge in [0.15, 0.2) is 0 Å². The first kappa shape index (κ1) is 20.8. The summed E-state index contributed by atoms with van der Waals surface area (Å²) in [6, 6.07) is 15.3. The third kappa shape index (κ3) is 3.69. The van der Waals surface area contributed by atoms with Gasteiger partial charge in [0, 0.05) is 41.9 Å². The normalized spacial score (nSPS) is 16.9. The van der Waals surface area contributed by atoms with Gasteiger partial charge in [-0.3, -0.25) is 0 Å². The van der Waals surface area contributed by atoms with E-state index in [1.54, 1.807) is 0 Å². The summed E-state index contributed by atoms with van der Waals surface area (Å²) in [4.78, 5) is 6.34. The minimum Gasteiger partial charge on any atom is -0.361 e. The highest BCUT2D eigenvalue weighted by molar-refractivity contribution is 5.76. The number of rotatable bonds is 7. The maximum absolute atomic E-state index is 7.57. The molecule has 1 aliphatic carbocycles. The van der Waals surface area contributed by atoms with E-state index < -0.39 is 0 Å². The second-order valence-corrected chi connectivity index (χ2v) is 9.36. The number of hydrogen-bond acceptors (Lipinski definition) is 4. The number of hydrogen-bond donors (Lipinski definition) is 1. The summed E-state index contributed by atoms with van der Waals surface area (Å²) < 4.78 is 5.43. The fraction of sp³-hybridized carbons (Fsp3) is 0.407. The minimum atomic E-state index is -0.264. The molecule has 1 aromatic heterocycles. The maximum Gasteiger partial charge on any atom is 0.258 e. The van der Waals surface area contributed by atoms with Crippen LogP contribution in [0.4, 0.5) is 11.4 Å². The van der Waals surface area contributed by atoms with E-state index >= 15 is 0 Å². The molecule has 2 aliphatic rings. The summed E-state index contributed by atoms with van der Waals surface area (Å²) in [7, 11) is 0. The van der Waals surface area contributed by atoms with Crippen molar-refractivity contribution in [2.45, 2.75) is 45.6 Å². The molecule has 0 amide bonds. The molecule has 0 atom stereocenters. The van der Waals surface area contributed by atoms with E-state index in [0.29, 0.717) is 0 Å². The van der Waals surface area contributed by atoms with Crippen molar-refractivity contribution in [3.8, 4) is 11.1 Å². The molecule has 32 heavy (non-hydrogen) atoms. The highest BCUT2D eigenvalue weighted by Crippen LogP contribution is 2.50. The molecule has 1 saturated heterocycles. The predicted molar refractivity (Wildman–Crippen MR) is 128 cm³/mol. The van der Waals surface area contributed by atoms with Crippen LogP contribution in [0, 0.1) is 33.3 Å². The van der Waals surface area contributed by atoms with Crippen LogP contribution >= 0.6 is 0 Å². The molecule has 2 heterocycles. The van der Waals surface area contributed by atoms with Crippen molar-refractivity contribution in [1.82, 2.24) is 10.5 Å². The maximum atomic E-state index is 7.57. The molecular weight excluding hydrogens is 396 g/mol. The SMILES string of the molecule is [C-]#[N+]C1(c2ccc(N(CCC3CNC3)c3cc(-c4c(C)noc4C)ccc3C)cc2)CC1. The Balaban J connectivity index is 1.52. The molecule has 5 nitrogen and oxygen atoms in total. The van der Waals surface area contributed by atoms with Crippen LogP contribution < -0.4 is 10.2 Å². The molecule has 1 N–H and O–H groups in total. The van der Waals surface area contributed by atoms with E-state index in [2.05, 4.69) is 69.6 Å². The number of nitrogens with one attached hydrogen (secondary N) is 1. The molecule has 164 valence electrons. The molecule has 5 rings (SSSR count). The van der Waals surface area contributed by atoms with Crippen molar-refractivity contribution in [1.29, 1.82) is 0 Å². The fourth-order valence-corrected chi connectivity index (χ4v) is 4.74. The molecule has 0 spiro atoms. The Kier molecular flexibility index (Phi) is 5.27. The standard InChI is InChI=1S/C27H30N4O/c1-18-5-6-22(26-19(2)30-32-20(26)3)15-25(18)31(14-11-21-16-29-17-21)24-9-7-23(8-10-24)27(28-4)12-13-27/h5-10,15,21,29H,11-14,16-17H2,1-3H3. The van der Waals surface area contributed by atoms with E-state index in [9.17, 15) is 0 Å². The van der Waals surface area contributed by atoms with Crippen LogP contribution in [0.1, 0.15) is 41.8 Å². The molecular formula is C27H30N4O. The molecule has 0 radical (unpaired) electrons. The Labute approximate surface area is 190 Å². The Morgan fingerprint density at radius 1 is 1.12 bits per heavy atom. The van der Waals surface area contributed by atoms with Crippen molar-refractivity contribution in [2.75, 3.05) is 24.5 Å². The number of aryl methyl sites for hydroxylation is 3. The average molecular weight is 427 g/mol. The number of nitrogens with zero attached hydrogens (tertiary/aromatic N) is 3. The van der Waals surface area contributed by atoms with Crippen LogP contribution in [0.2, 0.25) is 0 Å². The summed E-state index contributed by atoms with van der Waals surface area (Å²) in [6.07, 6.45) is 3.11. The quantitative estimate of drug-likeness (QED) is 0.476. The molecule has 2 fully saturated rings. The molecule has 0 bridgehead atoms. The third-order valence-electron chi connectivity index (χ3n) is 7.10. The first-order valence-corrected chi connectivity index (χ1v) is 11.5. The molecule has 3 aromatic rings. The first-order chi connectivity index (χ1) is 15.5. The van der Waals surface area contributed by atoms with Gasteiger partial charge in [-0.1, -0.05) is 17.3 Å². The van der Waals surface area contributed by atoms with Gasteiger partial charge in [-0.15, -0.1) is 0 Å². The predicted octanol–water partition coefficient (Wildman–Crippen LogP) is 5.92. The van der Waals surface area contributed by atoms with Crippen molar-refractivity contribution in [3.05, 3.63) is 76.5 Å². The number of aromatic nitrogens is 1. The smallest absolute Gasteiger partial charge is 0.258 e. The lowest BCUT2D eigenvalue weighted by molar-refractivity contribution is 0.331. The Morgan fingerprint density at radius 3 is 2.44 bits per heavy atom. The molecule has 1 aliphatic heterocycles. The van der Waals surface area contributed by atoms with E-state index in [-0.39, 0.29) is 5.54 Å². The van der Waals surface area contributed by atoms with Crippen molar-refractivity contribution in [3.63, 3.8) is 0 Å². The summed E-state index contributed by atoms with van der Waals surface area (Å²) in [5.74, 6) is 1.59. The lowest BCUT2D eigenvalue weighted by Gasteiger charge is -2.32. The van der Waals surface area contributed by atoms with Gasteiger partial charge in [-0.25, -0.2) is 6.57 Å². The van der Waals surface area contributed by atoms with Crippen molar-refractivity contribution >= 4 is 11.4 Å². The highest BCUT2D eigenvalue weighted by Gasteiger charge is 2.52. The van der Waals surface area contributed by atoms with E-state index in [0.717, 1.165) is 73.0 Å². The Hall–Kier alpha value is -3.10. The van der Waals surface area contributed by atoms with Crippen molar-refractivity contribution < 1.29 is 4.52 Å². The topological polar surface area (TPSA) is 45.7 Å². The molecule has 1 saturated carbocycles. The zero-order valence-corrected chi connectivity index (χ0v) is 19.1. The van der Waals surface area contributed by atoms with E-state index in [1.165, 1.54) is 16.9 Å². The van der Waals surface area contributed by atoms with Crippen LogP contribution in [0.25, 0.3) is 16.0 Å². The second kappa shape index (κ2) is 8.11. The molecule has 2 aromatic carbocycles. The third-order valence-corrected chi connectivity index (χ3v) is 7.10. The van der Waals surface area contributed by atoms with Crippen LogP contribution in [0.15, 0.2) is 47.0 Å². The van der Waals surface area contributed by atoms with Gasteiger partial charge < -0.3 is 19.6 Å². The van der Waals surface area contributed by atoms with Gasteiger partial charge in [0.05, 0.1) is 5.69 Å².